The molecule has 0 aliphatic carbocycles. The summed E-state index contributed by atoms with van der Waals surface area (Å²) < 4.78 is 50.6. The maximum absolute atomic E-state index is 14.4. The number of methoxy groups -OCH3 is 1. The number of hydrogen-bond donors (Lipinski definition) is 1. The van der Waals surface area contributed by atoms with E-state index in [9.17, 15) is 22.8 Å². The predicted molar refractivity (Wildman–Crippen MR) is 185 cm³/mol. The van der Waals surface area contributed by atoms with Crippen molar-refractivity contribution >= 4 is 17.9 Å². The zero-order valence-corrected chi connectivity index (χ0v) is 27.9. The molecule has 11 heteroatoms. The molecule has 4 aromatic rings. The molecular weight excluding hydrogens is 645 g/mol. The second-order valence-corrected chi connectivity index (χ2v) is 12.1. The first-order valence-electron chi connectivity index (χ1n) is 16.5. The van der Waals surface area contributed by atoms with Crippen LogP contribution in [0.15, 0.2) is 109 Å². The highest BCUT2D eigenvalue weighted by Gasteiger charge is 2.34. The highest BCUT2D eigenvalue weighted by molar-refractivity contribution is 6.04. The number of ether oxygens (including phenoxy) is 2. The lowest BCUT2D eigenvalue weighted by molar-refractivity contribution is -0.138. The number of rotatable bonds is 14. The highest BCUT2D eigenvalue weighted by Crippen LogP contribution is 2.30. The molecule has 0 unspecified atom stereocenters. The number of halogens is 3. The summed E-state index contributed by atoms with van der Waals surface area (Å²) in [5, 5.41) is 2.92. The standard InChI is InChI=1S/C39H41F3N4O4/c1-49-22-23-50-36-17-14-32(26-43-36)27-44-37(47)34(24-30-12-15-33(16-13-30)39(40,41)42)35(25-29-8-4-2-5-9-29)38(48)46-20-18-45(19-21-46)28-31-10-6-3-7-11-31/h2-17,24,26,35H,18-23,25,27-28H2,1H3,(H,44,47)/t35-/m0/s1. The second kappa shape index (κ2) is 17.6. The number of aromatic nitrogens is 1. The van der Waals surface area contributed by atoms with E-state index in [2.05, 4.69) is 27.3 Å². The van der Waals surface area contributed by atoms with Crippen LogP contribution in [0.2, 0.25) is 0 Å². The third kappa shape index (κ3) is 10.5. The molecule has 1 N–H and O–H groups in total. The van der Waals surface area contributed by atoms with Gasteiger partial charge in [-0.25, -0.2) is 4.98 Å². The van der Waals surface area contributed by atoms with Crippen LogP contribution in [0.3, 0.4) is 0 Å². The number of benzene rings is 3. The zero-order chi connectivity index (χ0) is 35.3. The molecule has 0 radical (unpaired) electrons. The van der Waals surface area contributed by atoms with Gasteiger partial charge in [-0.05, 0) is 46.9 Å². The molecule has 8 nitrogen and oxygen atoms in total. The molecule has 0 saturated carbocycles. The smallest absolute Gasteiger partial charge is 0.416 e. The van der Waals surface area contributed by atoms with E-state index in [0.29, 0.717) is 56.4 Å². The van der Waals surface area contributed by atoms with Gasteiger partial charge < -0.3 is 19.7 Å². The lowest BCUT2D eigenvalue weighted by Crippen LogP contribution is -2.51. The third-order valence-corrected chi connectivity index (χ3v) is 8.50. The van der Waals surface area contributed by atoms with Crippen LogP contribution in [0.25, 0.3) is 6.08 Å². The number of amides is 2. The van der Waals surface area contributed by atoms with Crippen molar-refractivity contribution in [3.63, 3.8) is 0 Å². The number of hydrogen-bond acceptors (Lipinski definition) is 6. The molecule has 50 heavy (non-hydrogen) atoms. The van der Waals surface area contributed by atoms with Gasteiger partial charge in [0, 0.05) is 64.2 Å². The fraction of sp³-hybridized carbons (Fsp3) is 0.308. The Hall–Kier alpha value is -5.00. The Morgan fingerprint density at radius 2 is 1.50 bits per heavy atom. The summed E-state index contributed by atoms with van der Waals surface area (Å²) in [6.45, 7) is 3.94. The van der Waals surface area contributed by atoms with E-state index in [-0.39, 0.29) is 24.4 Å². The Balaban J connectivity index is 1.40. The quantitative estimate of drug-likeness (QED) is 0.129. The van der Waals surface area contributed by atoms with Crippen molar-refractivity contribution < 1.29 is 32.2 Å². The molecule has 0 bridgehead atoms. The number of nitrogens with one attached hydrogen (secondary N) is 1. The molecule has 2 heterocycles. The van der Waals surface area contributed by atoms with Crippen molar-refractivity contribution in [2.24, 2.45) is 5.92 Å². The Labute approximate surface area is 290 Å². The van der Waals surface area contributed by atoms with E-state index in [1.165, 1.54) is 23.8 Å². The van der Waals surface area contributed by atoms with Crippen LogP contribution in [-0.4, -0.2) is 73.1 Å². The second-order valence-electron chi connectivity index (χ2n) is 12.1. The van der Waals surface area contributed by atoms with Gasteiger partial charge in [-0.2, -0.15) is 13.2 Å². The zero-order valence-electron chi connectivity index (χ0n) is 27.9. The fourth-order valence-corrected chi connectivity index (χ4v) is 5.76. The number of nitrogens with zero attached hydrogens (tertiary/aromatic N) is 3. The van der Waals surface area contributed by atoms with E-state index in [1.807, 2.05) is 48.5 Å². The molecular formula is C39H41F3N4O4. The van der Waals surface area contributed by atoms with Crippen molar-refractivity contribution in [1.82, 2.24) is 20.1 Å². The Kier molecular flexibility index (Phi) is 12.8. The minimum Gasteiger partial charge on any atom is -0.475 e. The average Bonchev–Trinajstić information content (AvgIpc) is 3.13. The lowest BCUT2D eigenvalue weighted by Gasteiger charge is -2.37. The van der Waals surface area contributed by atoms with Crippen LogP contribution >= 0.6 is 0 Å². The first-order valence-corrected chi connectivity index (χ1v) is 16.5. The number of pyridine rings is 1. The van der Waals surface area contributed by atoms with Crippen LogP contribution in [0, 0.1) is 5.92 Å². The van der Waals surface area contributed by atoms with Crippen molar-refractivity contribution in [3.05, 3.63) is 137 Å². The molecule has 2 amide bonds. The SMILES string of the molecule is COCCOc1ccc(CNC(=O)C(=Cc2ccc(C(F)(F)F)cc2)[C@H](Cc2ccccc2)C(=O)N2CCN(Cc3ccccc3)CC2)cn1. The fourth-order valence-electron chi connectivity index (χ4n) is 5.76. The molecule has 1 aromatic heterocycles. The van der Waals surface area contributed by atoms with Gasteiger partial charge in [0.05, 0.1) is 18.1 Å². The molecule has 0 spiro atoms. The van der Waals surface area contributed by atoms with Gasteiger partial charge >= 0.3 is 6.18 Å². The lowest BCUT2D eigenvalue weighted by atomic mass is 9.88. The van der Waals surface area contributed by atoms with Gasteiger partial charge in [0.25, 0.3) is 0 Å². The first-order chi connectivity index (χ1) is 24.2. The van der Waals surface area contributed by atoms with Crippen LogP contribution in [0.4, 0.5) is 13.2 Å². The Bertz CT molecular complexity index is 1690. The average molecular weight is 687 g/mol. The van der Waals surface area contributed by atoms with Crippen molar-refractivity contribution in [2.45, 2.75) is 25.7 Å². The Morgan fingerprint density at radius 3 is 2.10 bits per heavy atom. The van der Waals surface area contributed by atoms with E-state index >= 15 is 0 Å². The molecule has 1 atom stereocenters. The molecule has 1 aliphatic rings. The van der Waals surface area contributed by atoms with Crippen LogP contribution in [-0.2, 0) is 40.0 Å². The van der Waals surface area contributed by atoms with Gasteiger partial charge in [-0.1, -0.05) is 78.9 Å². The molecule has 5 rings (SSSR count). The topological polar surface area (TPSA) is 84.0 Å². The van der Waals surface area contributed by atoms with Crippen molar-refractivity contribution in [3.8, 4) is 5.88 Å². The molecule has 1 saturated heterocycles. The monoisotopic (exact) mass is 686 g/mol. The Morgan fingerprint density at radius 1 is 0.840 bits per heavy atom. The molecule has 262 valence electrons. The van der Waals surface area contributed by atoms with Gasteiger partial charge in [0.1, 0.15) is 6.61 Å². The minimum absolute atomic E-state index is 0.110. The number of carbonyl (C=O) groups is 2. The van der Waals surface area contributed by atoms with Gasteiger partial charge in [-0.15, -0.1) is 0 Å². The number of carbonyl (C=O) groups excluding carboxylic acids is 2. The third-order valence-electron chi connectivity index (χ3n) is 8.50. The van der Waals surface area contributed by atoms with E-state index < -0.39 is 23.6 Å². The maximum atomic E-state index is 14.4. The van der Waals surface area contributed by atoms with Crippen LogP contribution in [0.1, 0.15) is 27.8 Å². The predicted octanol–water partition coefficient (Wildman–Crippen LogP) is 6.03. The summed E-state index contributed by atoms with van der Waals surface area (Å²) >= 11 is 0. The van der Waals surface area contributed by atoms with E-state index in [0.717, 1.165) is 24.2 Å². The van der Waals surface area contributed by atoms with Crippen LogP contribution < -0.4 is 10.1 Å². The summed E-state index contributed by atoms with van der Waals surface area (Å²) in [6.07, 6.45) is -1.16. The van der Waals surface area contributed by atoms with Gasteiger partial charge in [0.2, 0.25) is 17.7 Å². The largest absolute Gasteiger partial charge is 0.475 e. The highest BCUT2D eigenvalue weighted by atomic mass is 19.4. The van der Waals surface area contributed by atoms with Crippen molar-refractivity contribution in [2.75, 3.05) is 46.5 Å². The minimum atomic E-state index is -4.50. The normalized spacial score (nSPS) is 14.6. The van der Waals surface area contributed by atoms with Crippen LogP contribution in [0.5, 0.6) is 5.88 Å². The maximum Gasteiger partial charge on any atom is 0.416 e. The number of piperazine rings is 1. The molecule has 1 fully saturated rings. The summed E-state index contributed by atoms with van der Waals surface area (Å²) in [5.74, 6) is -1.18. The summed E-state index contributed by atoms with van der Waals surface area (Å²) in [5.41, 5.74) is 2.49. The molecule has 1 aliphatic heterocycles. The summed E-state index contributed by atoms with van der Waals surface area (Å²) in [6, 6.07) is 27.6. The molecule has 3 aromatic carbocycles. The van der Waals surface area contributed by atoms with E-state index in [4.69, 9.17) is 9.47 Å². The van der Waals surface area contributed by atoms with Gasteiger partial charge in [-0.3, -0.25) is 14.5 Å². The van der Waals surface area contributed by atoms with E-state index in [1.54, 1.807) is 30.3 Å². The summed E-state index contributed by atoms with van der Waals surface area (Å²) in [7, 11) is 1.58. The first kappa shape index (κ1) is 36.3. The van der Waals surface area contributed by atoms with Gasteiger partial charge in [0.15, 0.2) is 0 Å². The van der Waals surface area contributed by atoms with Crippen molar-refractivity contribution in [1.29, 1.82) is 0 Å². The summed E-state index contributed by atoms with van der Waals surface area (Å²) in [4.78, 5) is 36.8. The number of alkyl halides is 3.